The summed E-state index contributed by atoms with van der Waals surface area (Å²) in [4.78, 5) is 26.0. The molecule has 0 saturated heterocycles. The zero-order valence-corrected chi connectivity index (χ0v) is 15.5. The van der Waals surface area contributed by atoms with Crippen molar-refractivity contribution in [2.75, 3.05) is 30.5 Å². The van der Waals surface area contributed by atoms with Gasteiger partial charge in [-0.2, -0.15) is 0 Å². The second-order valence-corrected chi connectivity index (χ2v) is 6.34. The van der Waals surface area contributed by atoms with Crippen LogP contribution in [0.25, 0.3) is 0 Å². The smallest absolute Gasteiger partial charge is 0.265 e. The van der Waals surface area contributed by atoms with E-state index >= 15 is 0 Å². The molecule has 7 heteroatoms. The normalized spacial score (nSPS) is 13.0. The van der Waals surface area contributed by atoms with E-state index in [0.29, 0.717) is 28.6 Å². The fraction of sp³-hybridized carbons (Fsp3) is 0.300. The molecule has 0 fully saturated rings. The number of methoxy groups -OCH3 is 1. The van der Waals surface area contributed by atoms with Crippen molar-refractivity contribution >= 4 is 23.2 Å². The number of amides is 2. The lowest BCUT2D eigenvalue weighted by atomic mass is 10.1. The Morgan fingerprint density at radius 1 is 1.22 bits per heavy atom. The Bertz CT molecular complexity index is 850. The number of benzene rings is 2. The molecule has 3 rings (SSSR count). The first-order chi connectivity index (χ1) is 13.0. The van der Waals surface area contributed by atoms with Crippen molar-refractivity contribution in [3.8, 4) is 17.2 Å². The van der Waals surface area contributed by atoms with Crippen molar-refractivity contribution in [3.05, 3.63) is 42.5 Å². The molecule has 1 heterocycles. The first kappa shape index (κ1) is 18.6. The molecule has 2 aromatic carbocycles. The molecule has 0 unspecified atom stereocenters. The summed E-state index contributed by atoms with van der Waals surface area (Å²) < 4.78 is 16.1. The summed E-state index contributed by atoms with van der Waals surface area (Å²) >= 11 is 0. The summed E-state index contributed by atoms with van der Waals surface area (Å²) in [6, 6.07) is 12.2. The number of carbonyl (C=O) groups is 2. The molecular formula is C20H22N2O5. The summed E-state index contributed by atoms with van der Waals surface area (Å²) in [6.45, 7) is 3.74. The van der Waals surface area contributed by atoms with Crippen LogP contribution in [0.3, 0.4) is 0 Å². The second kappa shape index (κ2) is 7.99. The third-order valence-corrected chi connectivity index (χ3v) is 4.05. The molecular weight excluding hydrogens is 348 g/mol. The Kier molecular flexibility index (Phi) is 5.49. The van der Waals surface area contributed by atoms with Crippen molar-refractivity contribution in [3.63, 3.8) is 0 Å². The maximum absolute atomic E-state index is 12.2. The molecule has 1 aliphatic rings. The van der Waals surface area contributed by atoms with Gasteiger partial charge in [-0.15, -0.1) is 0 Å². The molecule has 0 spiro atoms. The van der Waals surface area contributed by atoms with E-state index in [9.17, 15) is 9.59 Å². The molecule has 0 radical (unpaired) electrons. The summed E-state index contributed by atoms with van der Waals surface area (Å²) in [5, 5.41) is 2.78. The molecule has 142 valence electrons. The highest BCUT2D eigenvalue weighted by Gasteiger charge is 2.27. The quantitative estimate of drug-likeness (QED) is 0.846. The monoisotopic (exact) mass is 370 g/mol. The van der Waals surface area contributed by atoms with E-state index in [2.05, 4.69) is 5.32 Å². The van der Waals surface area contributed by atoms with Crippen LogP contribution in [0.4, 0.5) is 11.4 Å². The fourth-order valence-electron chi connectivity index (χ4n) is 2.85. The van der Waals surface area contributed by atoms with E-state index in [4.69, 9.17) is 14.2 Å². The third kappa shape index (κ3) is 4.31. The largest absolute Gasteiger partial charge is 0.497 e. The van der Waals surface area contributed by atoms with Gasteiger partial charge in [-0.3, -0.25) is 9.59 Å². The van der Waals surface area contributed by atoms with E-state index in [1.807, 2.05) is 13.8 Å². The minimum absolute atomic E-state index is 0.0116. The molecule has 1 N–H and O–H groups in total. The van der Waals surface area contributed by atoms with E-state index in [-0.39, 0.29) is 31.1 Å². The van der Waals surface area contributed by atoms with Gasteiger partial charge in [0.15, 0.2) is 13.2 Å². The topological polar surface area (TPSA) is 77.1 Å². The zero-order valence-electron chi connectivity index (χ0n) is 15.5. The average molecular weight is 370 g/mol. The number of rotatable bonds is 6. The van der Waals surface area contributed by atoms with Crippen LogP contribution in [-0.4, -0.2) is 38.2 Å². The summed E-state index contributed by atoms with van der Waals surface area (Å²) in [7, 11) is 1.57. The Hall–Kier alpha value is -3.22. The Morgan fingerprint density at radius 3 is 2.74 bits per heavy atom. The lowest BCUT2D eigenvalue weighted by Gasteiger charge is -2.32. The van der Waals surface area contributed by atoms with Crippen LogP contribution in [0.5, 0.6) is 17.2 Å². The molecule has 27 heavy (non-hydrogen) atoms. The van der Waals surface area contributed by atoms with Crippen molar-refractivity contribution in [1.29, 1.82) is 0 Å². The van der Waals surface area contributed by atoms with Crippen molar-refractivity contribution < 1.29 is 23.8 Å². The summed E-state index contributed by atoms with van der Waals surface area (Å²) in [6.07, 6.45) is 0. The maximum atomic E-state index is 12.2. The van der Waals surface area contributed by atoms with Crippen LogP contribution in [0, 0.1) is 0 Å². The molecule has 0 saturated carbocycles. The molecule has 2 amide bonds. The number of ether oxygens (including phenoxy) is 3. The SMILES string of the molecule is COc1cccc(OCC(=O)Nc2ccc3c(c2)N(C(C)C)C(=O)CO3)c1. The molecule has 7 nitrogen and oxygen atoms in total. The van der Waals surface area contributed by atoms with Gasteiger partial charge < -0.3 is 24.4 Å². The van der Waals surface area contributed by atoms with Crippen LogP contribution >= 0.6 is 0 Å². The number of hydrogen-bond acceptors (Lipinski definition) is 5. The minimum Gasteiger partial charge on any atom is -0.497 e. The number of nitrogens with one attached hydrogen (secondary N) is 1. The minimum atomic E-state index is -0.308. The molecule has 0 atom stereocenters. The molecule has 1 aliphatic heterocycles. The number of fused-ring (bicyclic) bond motifs is 1. The summed E-state index contributed by atoms with van der Waals surface area (Å²) in [5.41, 5.74) is 1.21. The van der Waals surface area contributed by atoms with Crippen molar-refractivity contribution in [1.82, 2.24) is 0 Å². The Labute approximate surface area is 157 Å². The van der Waals surface area contributed by atoms with Crippen molar-refractivity contribution in [2.24, 2.45) is 0 Å². The molecule has 0 aliphatic carbocycles. The third-order valence-electron chi connectivity index (χ3n) is 4.05. The van der Waals surface area contributed by atoms with Gasteiger partial charge in [0.1, 0.15) is 17.2 Å². The van der Waals surface area contributed by atoms with Crippen LogP contribution in [0.1, 0.15) is 13.8 Å². The number of hydrogen-bond donors (Lipinski definition) is 1. The van der Waals surface area contributed by atoms with E-state index in [1.165, 1.54) is 0 Å². The number of anilines is 2. The second-order valence-electron chi connectivity index (χ2n) is 6.34. The molecule has 0 aromatic heterocycles. The van der Waals surface area contributed by atoms with E-state index in [0.717, 1.165) is 0 Å². The number of nitrogens with zero attached hydrogens (tertiary/aromatic N) is 1. The fourth-order valence-corrected chi connectivity index (χ4v) is 2.85. The van der Waals surface area contributed by atoms with Crippen LogP contribution in [-0.2, 0) is 9.59 Å². The predicted molar refractivity (Wildman–Crippen MR) is 102 cm³/mol. The first-order valence-corrected chi connectivity index (χ1v) is 8.63. The van der Waals surface area contributed by atoms with Crippen LogP contribution in [0.15, 0.2) is 42.5 Å². The molecule has 2 aromatic rings. The average Bonchev–Trinajstić information content (AvgIpc) is 2.66. The maximum Gasteiger partial charge on any atom is 0.265 e. The highest BCUT2D eigenvalue weighted by molar-refractivity contribution is 6.00. The van der Waals surface area contributed by atoms with Gasteiger partial charge in [-0.25, -0.2) is 0 Å². The van der Waals surface area contributed by atoms with E-state index < -0.39 is 0 Å². The van der Waals surface area contributed by atoms with Gasteiger partial charge in [0, 0.05) is 17.8 Å². The summed E-state index contributed by atoms with van der Waals surface area (Å²) in [5.74, 6) is 1.40. The highest BCUT2D eigenvalue weighted by Crippen LogP contribution is 2.35. The lowest BCUT2D eigenvalue weighted by molar-refractivity contribution is -0.121. The van der Waals surface area contributed by atoms with Gasteiger partial charge in [0.25, 0.3) is 11.8 Å². The zero-order chi connectivity index (χ0) is 19.4. The van der Waals surface area contributed by atoms with Gasteiger partial charge in [0.2, 0.25) is 0 Å². The van der Waals surface area contributed by atoms with Gasteiger partial charge >= 0.3 is 0 Å². The predicted octanol–water partition coefficient (Wildman–Crippen LogP) is 2.85. The van der Waals surface area contributed by atoms with E-state index in [1.54, 1.807) is 54.5 Å². The first-order valence-electron chi connectivity index (χ1n) is 8.63. The lowest BCUT2D eigenvalue weighted by Crippen LogP contribution is -2.43. The Balaban J connectivity index is 1.67. The highest BCUT2D eigenvalue weighted by atomic mass is 16.5. The Morgan fingerprint density at radius 2 is 2.00 bits per heavy atom. The number of carbonyl (C=O) groups excluding carboxylic acids is 2. The van der Waals surface area contributed by atoms with Gasteiger partial charge in [-0.05, 0) is 44.2 Å². The van der Waals surface area contributed by atoms with Crippen LogP contribution in [0.2, 0.25) is 0 Å². The van der Waals surface area contributed by atoms with Crippen molar-refractivity contribution in [2.45, 2.75) is 19.9 Å². The van der Waals surface area contributed by atoms with Gasteiger partial charge in [-0.1, -0.05) is 6.07 Å². The molecule has 0 bridgehead atoms. The standard InChI is InChI=1S/C20H22N2O5/c1-13(2)22-17-9-14(7-8-18(17)27-12-20(22)24)21-19(23)11-26-16-6-4-5-15(10-16)25-3/h4-10,13H,11-12H2,1-3H3,(H,21,23). The van der Waals surface area contributed by atoms with Crippen LogP contribution < -0.4 is 24.4 Å². The van der Waals surface area contributed by atoms with Gasteiger partial charge in [0.05, 0.1) is 12.8 Å².